The smallest absolute Gasteiger partial charge is 0.234 e. The van der Waals surface area contributed by atoms with E-state index in [2.05, 4.69) is 15.2 Å². The molecular weight excluding hydrogens is 348 g/mol. The van der Waals surface area contributed by atoms with E-state index in [9.17, 15) is 4.79 Å². The first-order valence-electron chi connectivity index (χ1n) is 8.57. The fourth-order valence-corrected chi connectivity index (χ4v) is 3.58. The van der Waals surface area contributed by atoms with Crippen molar-refractivity contribution < 1.29 is 4.79 Å². The number of amides is 1. The molecule has 5 nitrogen and oxygen atoms in total. The van der Waals surface area contributed by atoms with Crippen LogP contribution in [-0.4, -0.2) is 27.6 Å². The van der Waals surface area contributed by atoms with Crippen LogP contribution in [0, 0.1) is 5.41 Å². The predicted octanol–water partition coefficient (Wildman–Crippen LogP) is 4.11. The van der Waals surface area contributed by atoms with Gasteiger partial charge in [0.15, 0.2) is 5.82 Å². The number of aromatic nitrogens is 3. The Morgan fingerprint density at radius 2 is 1.92 bits per heavy atom. The molecule has 0 spiro atoms. The van der Waals surface area contributed by atoms with Crippen molar-refractivity contribution >= 4 is 23.3 Å². The summed E-state index contributed by atoms with van der Waals surface area (Å²) in [5, 5.41) is 8.07. The first-order valence-corrected chi connectivity index (χ1v) is 8.95. The molecule has 0 saturated carbocycles. The van der Waals surface area contributed by atoms with E-state index in [1.807, 2.05) is 49.4 Å². The molecule has 0 aliphatic carbocycles. The minimum atomic E-state index is -0.427. The highest BCUT2D eigenvalue weighted by Crippen LogP contribution is 2.37. The minimum Gasteiger partial charge on any atom is -0.295 e. The second-order valence-electron chi connectivity index (χ2n) is 6.95. The number of aromatic amines is 1. The molecule has 0 unspecified atom stereocenters. The van der Waals surface area contributed by atoms with Crippen LogP contribution >= 0.6 is 11.6 Å². The zero-order valence-corrected chi connectivity index (χ0v) is 15.2. The highest BCUT2D eigenvalue weighted by Gasteiger charge is 2.43. The van der Waals surface area contributed by atoms with Crippen LogP contribution in [0.2, 0.25) is 5.02 Å². The maximum atomic E-state index is 13.1. The van der Waals surface area contributed by atoms with E-state index < -0.39 is 5.41 Å². The second kappa shape index (κ2) is 6.57. The Kier molecular flexibility index (Phi) is 4.24. The van der Waals surface area contributed by atoms with Gasteiger partial charge in [-0.3, -0.25) is 19.8 Å². The Balaban J connectivity index is 1.54. The molecule has 132 valence electrons. The summed E-state index contributed by atoms with van der Waals surface area (Å²) in [5.74, 6) is 0.780. The Morgan fingerprint density at radius 1 is 1.19 bits per heavy atom. The van der Waals surface area contributed by atoms with E-state index >= 15 is 0 Å². The predicted molar refractivity (Wildman–Crippen MR) is 102 cm³/mol. The van der Waals surface area contributed by atoms with E-state index in [1.54, 1.807) is 17.3 Å². The van der Waals surface area contributed by atoms with Crippen LogP contribution < -0.4 is 4.90 Å². The molecule has 1 saturated heterocycles. The molecule has 3 heterocycles. The fourth-order valence-electron chi connectivity index (χ4n) is 3.46. The Bertz CT molecular complexity index is 922. The average Bonchev–Trinajstić information content (AvgIpc) is 3.24. The third-order valence-electron chi connectivity index (χ3n) is 4.99. The molecule has 1 atom stereocenters. The van der Waals surface area contributed by atoms with Crippen molar-refractivity contribution in [3.63, 3.8) is 0 Å². The quantitative estimate of drug-likeness (QED) is 0.755. The van der Waals surface area contributed by atoms with Gasteiger partial charge in [0, 0.05) is 35.6 Å². The van der Waals surface area contributed by atoms with Crippen molar-refractivity contribution in [2.24, 2.45) is 5.41 Å². The van der Waals surface area contributed by atoms with Gasteiger partial charge in [-0.1, -0.05) is 30.7 Å². The van der Waals surface area contributed by atoms with Crippen molar-refractivity contribution in [2.75, 3.05) is 11.4 Å². The van der Waals surface area contributed by atoms with E-state index in [1.165, 1.54) is 0 Å². The molecule has 0 bridgehead atoms. The lowest BCUT2D eigenvalue weighted by atomic mass is 9.82. The van der Waals surface area contributed by atoms with Crippen molar-refractivity contribution in [3.05, 3.63) is 65.4 Å². The maximum Gasteiger partial charge on any atom is 0.234 e. The van der Waals surface area contributed by atoms with Crippen LogP contribution in [0.5, 0.6) is 0 Å². The second-order valence-corrected chi connectivity index (χ2v) is 7.38. The number of anilines is 1. The van der Waals surface area contributed by atoms with Crippen molar-refractivity contribution in [2.45, 2.75) is 19.8 Å². The van der Waals surface area contributed by atoms with Crippen LogP contribution in [0.4, 0.5) is 5.82 Å². The summed E-state index contributed by atoms with van der Waals surface area (Å²) >= 11 is 5.96. The maximum absolute atomic E-state index is 13.1. The van der Waals surface area contributed by atoms with Gasteiger partial charge in [0.25, 0.3) is 0 Å². The summed E-state index contributed by atoms with van der Waals surface area (Å²) in [6, 6.07) is 13.4. The standard InChI is InChI=1S/C20H19ClN4O/c1-20(13-14-2-4-16(21)5-3-14)8-11-25(19(20)26)18-12-17(23-24-18)15-6-9-22-10-7-15/h2-7,9-10,12H,8,11,13H2,1H3,(H,23,24)/t20-/m0/s1. The number of nitrogens with one attached hydrogen (secondary N) is 1. The first-order chi connectivity index (χ1) is 12.5. The molecule has 1 aliphatic heterocycles. The van der Waals surface area contributed by atoms with E-state index in [0.717, 1.165) is 23.2 Å². The number of pyridine rings is 1. The number of nitrogens with zero attached hydrogens (tertiary/aromatic N) is 3. The van der Waals surface area contributed by atoms with E-state index in [-0.39, 0.29) is 5.91 Å². The van der Waals surface area contributed by atoms with Gasteiger partial charge in [0.2, 0.25) is 5.91 Å². The number of benzene rings is 1. The van der Waals surface area contributed by atoms with Crippen molar-refractivity contribution in [1.29, 1.82) is 0 Å². The topological polar surface area (TPSA) is 61.9 Å². The lowest BCUT2D eigenvalue weighted by Crippen LogP contribution is -2.34. The Labute approximate surface area is 157 Å². The Morgan fingerprint density at radius 3 is 2.65 bits per heavy atom. The molecule has 1 aliphatic rings. The van der Waals surface area contributed by atoms with Crippen LogP contribution in [0.1, 0.15) is 18.9 Å². The molecule has 3 aromatic rings. The SMILES string of the molecule is C[C@@]1(Cc2ccc(Cl)cc2)CCN(c2cc(-c3ccncc3)[nH]n2)C1=O. The summed E-state index contributed by atoms with van der Waals surface area (Å²) in [6.07, 6.45) is 4.97. The number of hydrogen-bond acceptors (Lipinski definition) is 3. The Hall–Kier alpha value is -2.66. The van der Waals surface area contributed by atoms with Crippen molar-refractivity contribution in [3.8, 4) is 11.3 Å². The molecule has 0 radical (unpaired) electrons. The van der Waals surface area contributed by atoms with Crippen LogP contribution in [-0.2, 0) is 11.2 Å². The van der Waals surface area contributed by atoms with Gasteiger partial charge in [-0.2, -0.15) is 5.10 Å². The van der Waals surface area contributed by atoms with E-state index in [0.29, 0.717) is 23.8 Å². The van der Waals surface area contributed by atoms with Crippen molar-refractivity contribution in [1.82, 2.24) is 15.2 Å². The first kappa shape index (κ1) is 16.8. The highest BCUT2D eigenvalue weighted by atomic mass is 35.5. The molecule has 2 aromatic heterocycles. The molecule has 4 rings (SSSR count). The van der Waals surface area contributed by atoms with Gasteiger partial charge in [0.1, 0.15) is 0 Å². The third-order valence-corrected chi connectivity index (χ3v) is 5.24. The minimum absolute atomic E-state index is 0.111. The van der Waals surface area contributed by atoms with Gasteiger partial charge < -0.3 is 0 Å². The zero-order chi connectivity index (χ0) is 18.1. The largest absolute Gasteiger partial charge is 0.295 e. The summed E-state index contributed by atoms with van der Waals surface area (Å²) in [7, 11) is 0. The molecule has 1 aromatic carbocycles. The van der Waals surface area contributed by atoms with Gasteiger partial charge in [-0.05, 0) is 42.7 Å². The summed E-state index contributed by atoms with van der Waals surface area (Å²) < 4.78 is 0. The third kappa shape index (κ3) is 3.10. The zero-order valence-electron chi connectivity index (χ0n) is 14.4. The highest BCUT2D eigenvalue weighted by molar-refractivity contribution is 6.30. The molecule has 1 N–H and O–H groups in total. The van der Waals surface area contributed by atoms with Gasteiger partial charge in [0.05, 0.1) is 11.1 Å². The van der Waals surface area contributed by atoms with E-state index in [4.69, 9.17) is 11.6 Å². The number of carbonyl (C=O) groups excluding carboxylic acids is 1. The van der Waals surface area contributed by atoms with Crippen LogP contribution in [0.25, 0.3) is 11.3 Å². The fraction of sp³-hybridized carbons (Fsp3) is 0.250. The molecule has 1 amide bonds. The number of halogens is 1. The number of hydrogen-bond donors (Lipinski definition) is 1. The summed E-state index contributed by atoms with van der Waals surface area (Å²) in [6.45, 7) is 2.70. The van der Waals surface area contributed by atoms with Crippen LogP contribution in [0.3, 0.4) is 0 Å². The lowest BCUT2D eigenvalue weighted by Gasteiger charge is -2.22. The number of rotatable bonds is 4. The molecule has 26 heavy (non-hydrogen) atoms. The normalized spacial score (nSPS) is 19.9. The summed E-state index contributed by atoms with van der Waals surface area (Å²) in [4.78, 5) is 18.9. The van der Waals surface area contributed by atoms with Gasteiger partial charge >= 0.3 is 0 Å². The summed E-state index contributed by atoms with van der Waals surface area (Å²) in [5.41, 5.74) is 2.56. The molecule has 1 fully saturated rings. The molecule has 6 heteroatoms. The number of H-pyrrole nitrogens is 1. The van der Waals surface area contributed by atoms with Crippen LogP contribution in [0.15, 0.2) is 54.9 Å². The van der Waals surface area contributed by atoms with Gasteiger partial charge in [-0.15, -0.1) is 0 Å². The molecular formula is C20H19ClN4O. The average molecular weight is 367 g/mol. The monoisotopic (exact) mass is 366 g/mol. The van der Waals surface area contributed by atoms with Gasteiger partial charge in [-0.25, -0.2) is 0 Å². The number of carbonyl (C=O) groups is 1. The lowest BCUT2D eigenvalue weighted by molar-refractivity contribution is -0.124.